The van der Waals surface area contributed by atoms with E-state index in [-0.39, 0.29) is 0 Å². The lowest BCUT2D eigenvalue weighted by Crippen LogP contribution is -2.01. The fraction of sp³-hybridized carbons (Fsp3) is 0. The zero-order valence-corrected chi connectivity index (χ0v) is 36.8. The first-order valence-electron chi connectivity index (χ1n) is 22.9. The van der Waals surface area contributed by atoms with Crippen molar-refractivity contribution in [1.29, 1.82) is 0 Å². The molecular formula is C63H40N4O. The molecule has 0 amide bonds. The van der Waals surface area contributed by atoms with Crippen molar-refractivity contribution in [3.8, 4) is 84.4 Å². The standard InChI is InChI=1S/C63H40N4O/c1-6-18-41(19-7-1)47-36-48(42-20-8-2-9-21-42)38-49(37-47)45-30-32-51(53(39-45)63-65-61(43-22-10-3-11-23-43)64-62(66-63)44-24-12-4-13-25-44)46-31-34-57-54(40-46)60-58(68-57)35-33-56-59(60)52-28-16-17-29-55(52)67(56)50-26-14-5-15-27-50/h1-40H. The fourth-order valence-corrected chi connectivity index (χ4v) is 9.83. The van der Waals surface area contributed by atoms with Gasteiger partial charge in [-0.15, -0.1) is 0 Å². The van der Waals surface area contributed by atoms with Gasteiger partial charge in [-0.3, -0.25) is 0 Å². The van der Waals surface area contributed by atoms with Crippen molar-refractivity contribution in [3.05, 3.63) is 243 Å². The fourth-order valence-electron chi connectivity index (χ4n) is 9.83. The smallest absolute Gasteiger partial charge is 0.164 e. The molecule has 0 spiro atoms. The van der Waals surface area contributed by atoms with E-state index in [1.54, 1.807) is 0 Å². The SMILES string of the molecule is c1ccc(-c2cc(-c3ccccc3)cc(-c3ccc(-c4ccc5oc6ccc7c(c8ccccc8n7-c7ccccc7)c6c5c4)c(-c4nc(-c5ccccc5)nc(-c5ccccc5)n4)c3)c2)cc1. The van der Waals surface area contributed by atoms with Crippen LogP contribution >= 0.6 is 0 Å². The highest BCUT2D eigenvalue weighted by Crippen LogP contribution is 2.44. The summed E-state index contributed by atoms with van der Waals surface area (Å²) in [5.41, 5.74) is 16.5. The van der Waals surface area contributed by atoms with Crippen molar-refractivity contribution in [1.82, 2.24) is 19.5 Å². The molecule has 0 fully saturated rings. The molecule has 0 radical (unpaired) electrons. The quantitative estimate of drug-likeness (QED) is 0.153. The normalized spacial score (nSPS) is 11.5. The Morgan fingerprint density at radius 2 is 0.779 bits per heavy atom. The Hall–Kier alpha value is -9.19. The summed E-state index contributed by atoms with van der Waals surface area (Å²) in [6, 6.07) is 85.3. The number of benzene rings is 10. The molecule has 0 saturated heterocycles. The minimum atomic E-state index is 0.586. The molecule has 0 unspecified atom stereocenters. The molecule has 10 aromatic carbocycles. The first kappa shape index (κ1) is 39.2. The molecular weight excluding hydrogens is 829 g/mol. The topological polar surface area (TPSA) is 56.7 Å². The van der Waals surface area contributed by atoms with Gasteiger partial charge in [0.2, 0.25) is 0 Å². The monoisotopic (exact) mass is 868 g/mol. The van der Waals surface area contributed by atoms with E-state index in [2.05, 4.69) is 211 Å². The molecule has 13 rings (SSSR count). The molecule has 0 aliphatic carbocycles. The largest absolute Gasteiger partial charge is 0.456 e. The highest BCUT2D eigenvalue weighted by Gasteiger charge is 2.22. The van der Waals surface area contributed by atoms with Gasteiger partial charge in [0.25, 0.3) is 0 Å². The van der Waals surface area contributed by atoms with Gasteiger partial charge in [-0.2, -0.15) is 0 Å². The van der Waals surface area contributed by atoms with E-state index < -0.39 is 0 Å². The van der Waals surface area contributed by atoms with Gasteiger partial charge in [-0.25, -0.2) is 15.0 Å². The Labute approximate surface area is 392 Å². The zero-order chi connectivity index (χ0) is 45.0. The summed E-state index contributed by atoms with van der Waals surface area (Å²) >= 11 is 0. The average Bonchev–Trinajstić information content (AvgIpc) is 3.97. The van der Waals surface area contributed by atoms with Crippen LogP contribution in [0.4, 0.5) is 0 Å². The molecule has 0 aliphatic heterocycles. The molecule has 0 saturated carbocycles. The van der Waals surface area contributed by atoms with E-state index in [9.17, 15) is 0 Å². The summed E-state index contributed by atoms with van der Waals surface area (Å²) in [7, 11) is 0. The molecule has 3 heterocycles. The molecule has 0 N–H and O–H groups in total. The third kappa shape index (κ3) is 6.84. The second-order valence-electron chi connectivity index (χ2n) is 17.2. The van der Waals surface area contributed by atoms with Gasteiger partial charge in [0.15, 0.2) is 17.5 Å². The van der Waals surface area contributed by atoms with Crippen LogP contribution in [-0.4, -0.2) is 19.5 Å². The Balaban J connectivity index is 1.07. The molecule has 318 valence electrons. The van der Waals surface area contributed by atoms with Gasteiger partial charge in [0.05, 0.1) is 11.0 Å². The van der Waals surface area contributed by atoms with Crippen molar-refractivity contribution in [3.63, 3.8) is 0 Å². The van der Waals surface area contributed by atoms with Gasteiger partial charge in [-0.1, -0.05) is 176 Å². The predicted molar refractivity (Wildman–Crippen MR) is 279 cm³/mol. The van der Waals surface area contributed by atoms with Crippen molar-refractivity contribution in [2.75, 3.05) is 0 Å². The number of para-hydroxylation sites is 2. The summed E-state index contributed by atoms with van der Waals surface area (Å²) in [6.45, 7) is 0. The second kappa shape index (κ2) is 16.4. The van der Waals surface area contributed by atoms with Crippen molar-refractivity contribution >= 4 is 43.7 Å². The minimum absolute atomic E-state index is 0.586. The number of rotatable bonds is 8. The molecule has 0 bridgehead atoms. The maximum atomic E-state index is 6.69. The summed E-state index contributed by atoms with van der Waals surface area (Å²) in [5, 5.41) is 4.48. The van der Waals surface area contributed by atoms with Crippen molar-refractivity contribution in [2.24, 2.45) is 0 Å². The number of hydrogen-bond acceptors (Lipinski definition) is 4. The summed E-state index contributed by atoms with van der Waals surface area (Å²) < 4.78 is 9.05. The highest BCUT2D eigenvalue weighted by atomic mass is 16.3. The van der Waals surface area contributed by atoms with Crippen LogP contribution in [0, 0.1) is 0 Å². The summed E-state index contributed by atoms with van der Waals surface area (Å²) in [4.78, 5) is 15.7. The van der Waals surface area contributed by atoms with Crippen LogP contribution in [0.1, 0.15) is 0 Å². The zero-order valence-electron chi connectivity index (χ0n) is 36.8. The van der Waals surface area contributed by atoms with E-state index in [0.717, 1.165) is 99.9 Å². The van der Waals surface area contributed by atoms with Crippen molar-refractivity contribution in [2.45, 2.75) is 0 Å². The predicted octanol–water partition coefficient (Wildman–Crippen LogP) is 16.5. The molecule has 5 nitrogen and oxygen atoms in total. The third-order valence-corrected chi connectivity index (χ3v) is 13.0. The van der Waals surface area contributed by atoms with Crippen LogP contribution < -0.4 is 0 Å². The van der Waals surface area contributed by atoms with Crippen LogP contribution in [0.3, 0.4) is 0 Å². The lowest BCUT2D eigenvalue weighted by Gasteiger charge is -2.16. The van der Waals surface area contributed by atoms with E-state index in [0.29, 0.717) is 17.5 Å². The number of aromatic nitrogens is 4. The first-order valence-corrected chi connectivity index (χ1v) is 22.9. The maximum absolute atomic E-state index is 6.69. The van der Waals surface area contributed by atoms with Crippen LogP contribution in [0.25, 0.3) is 128 Å². The Morgan fingerprint density at radius 1 is 0.279 bits per heavy atom. The highest BCUT2D eigenvalue weighted by molar-refractivity contribution is 6.27. The Kier molecular flexibility index (Phi) is 9.43. The summed E-state index contributed by atoms with van der Waals surface area (Å²) in [5.74, 6) is 1.80. The molecule has 3 aromatic heterocycles. The first-order chi connectivity index (χ1) is 33.7. The number of hydrogen-bond donors (Lipinski definition) is 0. The van der Waals surface area contributed by atoms with E-state index in [1.807, 2.05) is 36.4 Å². The van der Waals surface area contributed by atoms with Gasteiger partial charge in [-0.05, 0) is 111 Å². The lowest BCUT2D eigenvalue weighted by atomic mass is 9.90. The molecule has 0 aliphatic rings. The van der Waals surface area contributed by atoms with Crippen LogP contribution in [0.5, 0.6) is 0 Å². The molecule has 13 aromatic rings. The van der Waals surface area contributed by atoms with E-state index in [1.165, 1.54) is 10.8 Å². The number of furan rings is 1. The number of nitrogens with zero attached hydrogens (tertiary/aromatic N) is 4. The van der Waals surface area contributed by atoms with Crippen LogP contribution in [-0.2, 0) is 0 Å². The van der Waals surface area contributed by atoms with E-state index in [4.69, 9.17) is 19.4 Å². The Bertz CT molecular complexity index is 3880. The summed E-state index contributed by atoms with van der Waals surface area (Å²) in [6.07, 6.45) is 0. The van der Waals surface area contributed by atoms with Gasteiger partial charge >= 0.3 is 0 Å². The third-order valence-electron chi connectivity index (χ3n) is 13.0. The van der Waals surface area contributed by atoms with Crippen molar-refractivity contribution < 1.29 is 4.42 Å². The lowest BCUT2D eigenvalue weighted by molar-refractivity contribution is 0.669. The maximum Gasteiger partial charge on any atom is 0.164 e. The number of fused-ring (bicyclic) bond motifs is 7. The molecule has 68 heavy (non-hydrogen) atoms. The van der Waals surface area contributed by atoms with Crippen LogP contribution in [0.2, 0.25) is 0 Å². The van der Waals surface area contributed by atoms with Gasteiger partial charge < -0.3 is 8.98 Å². The Morgan fingerprint density at radius 3 is 1.40 bits per heavy atom. The van der Waals surface area contributed by atoms with Gasteiger partial charge in [0.1, 0.15) is 11.2 Å². The van der Waals surface area contributed by atoms with E-state index >= 15 is 0 Å². The molecule has 5 heteroatoms. The molecule has 0 atom stereocenters. The average molecular weight is 869 g/mol. The second-order valence-corrected chi connectivity index (χ2v) is 17.2. The van der Waals surface area contributed by atoms with Gasteiger partial charge in [0, 0.05) is 43.9 Å². The van der Waals surface area contributed by atoms with Crippen LogP contribution in [0.15, 0.2) is 247 Å². The minimum Gasteiger partial charge on any atom is -0.456 e.